The summed E-state index contributed by atoms with van der Waals surface area (Å²) in [5.74, 6) is -1.71. The van der Waals surface area contributed by atoms with Crippen molar-refractivity contribution in [3.05, 3.63) is 35.4 Å². The number of ether oxygens (including phenoxy) is 1. The molecule has 0 aliphatic rings. The molecule has 0 saturated heterocycles. The molecule has 0 heterocycles. The lowest BCUT2D eigenvalue weighted by Crippen LogP contribution is -2.30. The largest absolute Gasteiger partial charge is 0.478 e. The van der Waals surface area contributed by atoms with Crippen LogP contribution in [0.4, 0.5) is 0 Å². The van der Waals surface area contributed by atoms with Crippen molar-refractivity contribution >= 4 is 11.9 Å². The van der Waals surface area contributed by atoms with Crippen molar-refractivity contribution in [1.29, 1.82) is 0 Å². The maximum Gasteiger partial charge on any atom is 0.339 e. The van der Waals surface area contributed by atoms with E-state index in [2.05, 4.69) is 0 Å². The lowest BCUT2D eigenvalue weighted by Gasteiger charge is -2.27. The first-order chi connectivity index (χ1) is 8.43. The van der Waals surface area contributed by atoms with E-state index in [1.807, 2.05) is 20.8 Å². The Morgan fingerprint density at radius 2 is 1.67 bits per heavy atom. The highest BCUT2D eigenvalue weighted by Crippen LogP contribution is 2.22. The van der Waals surface area contributed by atoms with Gasteiger partial charge in [0.15, 0.2) is 0 Å². The Morgan fingerprint density at radius 1 is 1.17 bits per heavy atom. The SMILES string of the molecule is CCC(C)(CC)OC(=O)c1ccccc1C(=O)O. The minimum Gasteiger partial charge on any atom is -0.478 e. The quantitative estimate of drug-likeness (QED) is 0.815. The number of hydrogen-bond acceptors (Lipinski definition) is 3. The van der Waals surface area contributed by atoms with Crippen LogP contribution < -0.4 is 0 Å². The van der Waals surface area contributed by atoms with Gasteiger partial charge in [0, 0.05) is 0 Å². The van der Waals surface area contributed by atoms with Crippen molar-refractivity contribution in [3.8, 4) is 0 Å². The molecule has 0 bridgehead atoms. The molecule has 4 nitrogen and oxygen atoms in total. The molecule has 18 heavy (non-hydrogen) atoms. The van der Waals surface area contributed by atoms with Gasteiger partial charge in [-0.2, -0.15) is 0 Å². The third-order valence-corrected chi connectivity index (χ3v) is 3.21. The molecule has 0 aliphatic carbocycles. The van der Waals surface area contributed by atoms with Gasteiger partial charge in [-0.15, -0.1) is 0 Å². The standard InChI is InChI=1S/C14H18O4/c1-4-14(3,5-2)18-13(17)11-9-7-6-8-10(11)12(15)16/h6-9H,4-5H2,1-3H3,(H,15,16). The van der Waals surface area contributed by atoms with Crippen LogP contribution in [0.3, 0.4) is 0 Å². The van der Waals surface area contributed by atoms with Crippen molar-refractivity contribution in [1.82, 2.24) is 0 Å². The number of carbonyl (C=O) groups is 2. The Hall–Kier alpha value is -1.84. The maximum absolute atomic E-state index is 12.0. The normalized spacial score (nSPS) is 11.1. The average Bonchev–Trinajstić information content (AvgIpc) is 2.38. The molecule has 0 fully saturated rings. The third-order valence-electron chi connectivity index (χ3n) is 3.21. The number of carboxylic acid groups (broad SMARTS) is 1. The second-order valence-electron chi connectivity index (χ2n) is 4.40. The Bertz CT molecular complexity index is 447. The monoisotopic (exact) mass is 250 g/mol. The summed E-state index contributed by atoms with van der Waals surface area (Å²) in [4.78, 5) is 23.0. The van der Waals surface area contributed by atoms with E-state index in [0.29, 0.717) is 12.8 Å². The molecule has 0 unspecified atom stereocenters. The van der Waals surface area contributed by atoms with E-state index < -0.39 is 17.5 Å². The number of carbonyl (C=O) groups excluding carboxylic acids is 1. The lowest BCUT2D eigenvalue weighted by molar-refractivity contribution is -0.0133. The predicted molar refractivity (Wildman–Crippen MR) is 67.8 cm³/mol. The zero-order valence-electron chi connectivity index (χ0n) is 10.9. The molecular formula is C14H18O4. The van der Waals surface area contributed by atoms with Gasteiger partial charge in [0.1, 0.15) is 5.60 Å². The van der Waals surface area contributed by atoms with Crippen LogP contribution in [0.5, 0.6) is 0 Å². The van der Waals surface area contributed by atoms with Gasteiger partial charge in [-0.3, -0.25) is 0 Å². The van der Waals surface area contributed by atoms with Gasteiger partial charge in [-0.25, -0.2) is 9.59 Å². The van der Waals surface area contributed by atoms with Crippen LogP contribution in [0.25, 0.3) is 0 Å². The minimum atomic E-state index is -1.13. The highest BCUT2D eigenvalue weighted by atomic mass is 16.6. The topological polar surface area (TPSA) is 63.6 Å². The van der Waals surface area contributed by atoms with Crippen molar-refractivity contribution in [2.24, 2.45) is 0 Å². The molecular weight excluding hydrogens is 232 g/mol. The molecule has 4 heteroatoms. The van der Waals surface area contributed by atoms with Gasteiger partial charge in [0.05, 0.1) is 11.1 Å². The number of benzene rings is 1. The van der Waals surface area contributed by atoms with Crippen molar-refractivity contribution in [2.45, 2.75) is 39.2 Å². The van der Waals surface area contributed by atoms with E-state index in [1.165, 1.54) is 12.1 Å². The summed E-state index contributed by atoms with van der Waals surface area (Å²) in [6.45, 7) is 5.70. The van der Waals surface area contributed by atoms with E-state index in [0.717, 1.165) is 0 Å². The molecule has 1 rings (SSSR count). The Morgan fingerprint density at radius 3 is 2.11 bits per heavy atom. The zero-order chi connectivity index (χ0) is 13.8. The maximum atomic E-state index is 12.0. The van der Waals surface area contributed by atoms with Crippen LogP contribution in [0, 0.1) is 0 Å². The van der Waals surface area contributed by atoms with E-state index in [4.69, 9.17) is 9.84 Å². The molecule has 0 saturated carbocycles. The summed E-state index contributed by atoms with van der Waals surface area (Å²) in [6, 6.07) is 6.07. The van der Waals surface area contributed by atoms with Crippen LogP contribution in [0.15, 0.2) is 24.3 Å². The summed E-state index contributed by atoms with van der Waals surface area (Å²) in [5.41, 5.74) is -0.488. The summed E-state index contributed by atoms with van der Waals surface area (Å²) in [5, 5.41) is 9.02. The Balaban J connectivity index is 3.01. The Kier molecular flexibility index (Phi) is 4.48. The van der Waals surface area contributed by atoms with Crippen LogP contribution in [-0.4, -0.2) is 22.6 Å². The average molecular weight is 250 g/mol. The number of rotatable bonds is 5. The van der Waals surface area contributed by atoms with Crippen molar-refractivity contribution in [3.63, 3.8) is 0 Å². The van der Waals surface area contributed by atoms with Crippen LogP contribution in [-0.2, 0) is 4.74 Å². The first-order valence-corrected chi connectivity index (χ1v) is 5.99. The van der Waals surface area contributed by atoms with Gasteiger partial charge < -0.3 is 9.84 Å². The fraction of sp³-hybridized carbons (Fsp3) is 0.429. The number of aromatic carboxylic acids is 1. The minimum absolute atomic E-state index is 0.0305. The van der Waals surface area contributed by atoms with Gasteiger partial charge >= 0.3 is 11.9 Å². The van der Waals surface area contributed by atoms with Crippen LogP contribution in [0.2, 0.25) is 0 Å². The molecule has 0 aromatic heterocycles. The first-order valence-electron chi connectivity index (χ1n) is 5.99. The number of carboxylic acids is 1. The van der Waals surface area contributed by atoms with Crippen LogP contribution in [0.1, 0.15) is 54.3 Å². The molecule has 98 valence electrons. The van der Waals surface area contributed by atoms with Gasteiger partial charge in [-0.1, -0.05) is 26.0 Å². The van der Waals surface area contributed by atoms with E-state index in [9.17, 15) is 9.59 Å². The van der Waals surface area contributed by atoms with Gasteiger partial charge in [0.2, 0.25) is 0 Å². The fourth-order valence-electron chi connectivity index (χ4n) is 1.52. The highest BCUT2D eigenvalue weighted by Gasteiger charge is 2.27. The summed E-state index contributed by atoms with van der Waals surface area (Å²) >= 11 is 0. The molecule has 0 atom stereocenters. The van der Waals surface area contributed by atoms with Crippen LogP contribution >= 0.6 is 0 Å². The van der Waals surface area contributed by atoms with Gasteiger partial charge in [-0.05, 0) is 31.9 Å². The molecule has 0 spiro atoms. The fourth-order valence-corrected chi connectivity index (χ4v) is 1.52. The molecule has 0 aliphatic heterocycles. The Labute approximate surface area is 107 Å². The highest BCUT2D eigenvalue weighted by molar-refractivity contribution is 6.02. The van der Waals surface area contributed by atoms with E-state index >= 15 is 0 Å². The van der Waals surface area contributed by atoms with Crippen molar-refractivity contribution < 1.29 is 19.4 Å². The molecule has 0 amide bonds. The van der Waals surface area contributed by atoms with Crippen molar-refractivity contribution in [2.75, 3.05) is 0 Å². The zero-order valence-corrected chi connectivity index (χ0v) is 10.9. The smallest absolute Gasteiger partial charge is 0.339 e. The predicted octanol–water partition coefficient (Wildman–Crippen LogP) is 3.12. The lowest BCUT2D eigenvalue weighted by atomic mass is 9.99. The number of hydrogen-bond donors (Lipinski definition) is 1. The molecule has 1 N–H and O–H groups in total. The van der Waals surface area contributed by atoms with E-state index in [-0.39, 0.29) is 11.1 Å². The summed E-state index contributed by atoms with van der Waals surface area (Å²) in [7, 11) is 0. The first kappa shape index (κ1) is 14.2. The van der Waals surface area contributed by atoms with Gasteiger partial charge in [0.25, 0.3) is 0 Å². The summed E-state index contributed by atoms with van der Waals surface area (Å²) < 4.78 is 5.41. The number of esters is 1. The summed E-state index contributed by atoms with van der Waals surface area (Å²) in [6.07, 6.45) is 1.37. The molecule has 0 radical (unpaired) electrons. The second kappa shape index (κ2) is 5.67. The second-order valence-corrected chi connectivity index (χ2v) is 4.40. The molecule has 1 aromatic carbocycles. The molecule has 1 aromatic rings. The third kappa shape index (κ3) is 3.09. The van der Waals surface area contributed by atoms with E-state index in [1.54, 1.807) is 12.1 Å².